The summed E-state index contributed by atoms with van der Waals surface area (Å²) in [5.74, 6) is -0.538. The number of methoxy groups -OCH3 is 1. The zero-order chi connectivity index (χ0) is 14.9. The van der Waals surface area contributed by atoms with Gasteiger partial charge in [-0.05, 0) is 50.3 Å². The van der Waals surface area contributed by atoms with Gasteiger partial charge in [0, 0.05) is 6.20 Å². The Morgan fingerprint density at radius 2 is 2.15 bits per heavy atom. The predicted octanol–water partition coefficient (Wildman–Crippen LogP) is 2.38. The van der Waals surface area contributed by atoms with Crippen molar-refractivity contribution in [1.82, 2.24) is 5.32 Å². The van der Waals surface area contributed by atoms with Gasteiger partial charge in [0.1, 0.15) is 5.75 Å². The fourth-order valence-corrected chi connectivity index (χ4v) is 2.33. The van der Waals surface area contributed by atoms with E-state index in [-0.39, 0.29) is 11.1 Å². The highest BCUT2D eigenvalue weighted by Crippen LogP contribution is 2.31. The molecule has 106 valence electrons. The average molecular weight is 292 g/mol. The van der Waals surface area contributed by atoms with E-state index in [2.05, 4.69) is 5.32 Å². The lowest BCUT2D eigenvalue weighted by Gasteiger charge is -2.35. The predicted molar refractivity (Wildman–Crippen MR) is 81.4 cm³/mol. The SMILES string of the molecule is COc1cc(C(=O)O)ccc1N1C=CC(C)(C)NC1=S. The van der Waals surface area contributed by atoms with Crippen LogP contribution in [0.3, 0.4) is 0 Å². The monoisotopic (exact) mass is 292 g/mol. The number of hydrogen-bond donors (Lipinski definition) is 2. The zero-order valence-corrected chi connectivity index (χ0v) is 12.3. The molecule has 0 saturated carbocycles. The first-order valence-corrected chi connectivity index (χ1v) is 6.47. The van der Waals surface area contributed by atoms with Crippen LogP contribution in [-0.2, 0) is 0 Å². The standard InChI is InChI=1S/C14H16N2O3S/c1-14(2)6-7-16(13(20)15-14)10-5-4-9(12(17)18)8-11(10)19-3/h4-8H,1-3H3,(H,15,20)(H,17,18). The summed E-state index contributed by atoms with van der Waals surface area (Å²) in [7, 11) is 1.50. The Kier molecular flexibility index (Phi) is 3.67. The maximum absolute atomic E-state index is 11.0. The lowest BCUT2D eigenvalue weighted by molar-refractivity contribution is 0.0696. The summed E-state index contributed by atoms with van der Waals surface area (Å²) in [6, 6.07) is 4.68. The van der Waals surface area contributed by atoms with E-state index in [0.29, 0.717) is 16.5 Å². The van der Waals surface area contributed by atoms with E-state index in [9.17, 15) is 4.79 Å². The van der Waals surface area contributed by atoms with Gasteiger partial charge in [-0.25, -0.2) is 4.79 Å². The highest BCUT2D eigenvalue weighted by Gasteiger charge is 2.25. The second-order valence-corrected chi connectivity index (χ2v) is 5.42. The lowest BCUT2D eigenvalue weighted by atomic mass is 10.0. The Bertz CT molecular complexity index is 596. The molecule has 2 rings (SSSR count). The minimum atomic E-state index is -0.995. The van der Waals surface area contributed by atoms with Crippen LogP contribution in [0, 0.1) is 0 Å². The second-order valence-electron chi connectivity index (χ2n) is 5.03. The van der Waals surface area contributed by atoms with Crippen molar-refractivity contribution >= 4 is 29.0 Å². The normalized spacial score (nSPS) is 16.8. The molecule has 0 saturated heterocycles. The third-order valence-corrected chi connectivity index (χ3v) is 3.27. The molecule has 5 nitrogen and oxygen atoms in total. The molecule has 20 heavy (non-hydrogen) atoms. The molecule has 0 radical (unpaired) electrons. The third-order valence-electron chi connectivity index (χ3n) is 2.97. The summed E-state index contributed by atoms with van der Waals surface area (Å²) in [4.78, 5) is 12.7. The van der Waals surface area contributed by atoms with Crippen LogP contribution in [0.1, 0.15) is 24.2 Å². The molecule has 6 heteroatoms. The van der Waals surface area contributed by atoms with Gasteiger partial charge in [-0.1, -0.05) is 0 Å². The Morgan fingerprint density at radius 3 is 2.70 bits per heavy atom. The van der Waals surface area contributed by atoms with Crippen molar-refractivity contribution in [3.63, 3.8) is 0 Å². The molecule has 0 aliphatic carbocycles. The molecule has 0 amide bonds. The maximum Gasteiger partial charge on any atom is 0.335 e. The molecule has 2 N–H and O–H groups in total. The number of anilines is 1. The molecule has 0 spiro atoms. The number of nitrogens with one attached hydrogen (secondary N) is 1. The molecule has 0 atom stereocenters. The molecule has 1 aliphatic heterocycles. The molecule has 1 aromatic carbocycles. The van der Waals surface area contributed by atoms with Crippen LogP contribution in [0.2, 0.25) is 0 Å². The Labute approximate surface area is 122 Å². The number of rotatable bonds is 3. The molecule has 0 unspecified atom stereocenters. The van der Waals surface area contributed by atoms with E-state index >= 15 is 0 Å². The van der Waals surface area contributed by atoms with Gasteiger partial charge in [0.05, 0.1) is 23.9 Å². The van der Waals surface area contributed by atoms with E-state index in [1.165, 1.54) is 19.2 Å². The van der Waals surface area contributed by atoms with Gasteiger partial charge in [0.2, 0.25) is 0 Å². The number of carboxylic acids is 1. The Balaban J connectivity index is 2.43. The van der Waals surface area contributed by atoms with Gasteiger partial charge in [-0.15, -0.1) is 0 Å². The summed E-state index contributed by atoms with van der Waals surface area (Å²) in [5, 5.41) is 12.7. The first kappa shape index (κ1) is 14.3. The summed E-state index contributed by atoms with van der Waals surface area (Å²) in [5.41, 5.74) is 0.662. The summed E-state index contributed by atoms with van der Waals surface area (Å²) >= 11 is 5.34. The van der Waals surface area contributed by atoms with Crippen molar-refractivity contribution in [1.29, 1.82) is 0 Å². The second kappa shape index (κ2) is 5.13. The molecular formula is C14H16N2O3S. The van der Waals surface area contributed by atoms with Gasteiger partial charge < -0.3 is 15.2 Å². The van der Waals surface area contributed by atoms with Crippen LogP contribution in [0.25, 0.3) is 0 Å². The Morgan fingerprint density at radius 1 is 1.45 bits per heavy atom. The summed E-state index contributed by atoms with van der Waals surface area (Å²) < 4.78 is 5.26. The van der Waals surface area contributed by atoms with Crippen molar-refractivity contribution in [2.75, 3.05) is 12.0 Å². The van der Waals surface area contributed by atoms with Crippen LogP contribution in [0.4, 0.5) is 5.69 Å². The van der Waals surface area contributed by atoms with Crippen molar-refractivity contribution in [3.05, 3.63) is 36.0 Å². The first-order chi connectivity index (χ1) is 9.34. The topological polar surface area (TPSA) is 61.8 Å². The van der Waals surface area contributed by atoms with E-state index in [1.54, 1.807) is 11.0 Å². The Hall–Kier alpha value is -2.08. The number of benzene rings is 1. The zero-order valence-electron chi connectivity index (χ0n) is 11.5. The fraction of sp³-hybridized carbons (Fsp3) is 0.286. The van der Waals surface area contributed by atoms with E-state index < -0.39 is 5.97 Å². The van der Waals surface area contributed by atoms with Crippen molar-refractivity contribution in [3.8, 4) is 5.75 Å². The third kappa shape index (κ3) is 2.75. The van der Waals surface area contributed by atoms with Crippen molar-refractivity contribution in [2.24, 2.45) is 0 Å². The smallest absolute Gasteiger partial charge is 0.335 e. The van der Waals surface area contributed by atoms with Gasteiger partial charge in [0.15, 0.2) is 5.11 Å². The molecule has 1 aromatic rings. The van der Waals surface area contributed by atoms with Gasteiger partial charge in [-0.2, -0.15) is 0 Å². The van der Waals surface area contributed by atoms with Crippen molar-refractivity contribution in [2.45, 2.75) is 19.4 Å². The summed E-state index contributed by atoms with van der Waals surface area (Å²) in [6.45, 7) is 4.02. The number of hydrogen-bond acceptors (Lipinski definition) is 3. The minimum Gasteiger partial charge on any atom is -0.495 e. The van der Waals surface area contributed by atoms with Gasteiger partial charge in [-0.3, -0.25) is 4.90 Å². The quantitative estimate of drug-likeness (QED) is 0.834. The van der Waals surface area contributed by atoms with Crippen molar-refractivity contribution < 1.29 is 14.6 Å². The number of carbonyl (C=O) groups is 1. The number of ether oxygens (including phenoxy) is 1. The van der Waals surface area contributed by atoms with E-state index in [1.807, 2.05) is 26.1 Å². The van der Waals surface area contributed by atoms with E-state index in [4.69, 9.17) is 22.1 Å². The number of carboxylic acid groups (broad SMARTS) is 1. The lowest BCUT2D eigenvalue weighted by Crippen LogP contribution is -2.51. The molecular weight excluding hydrogens is 276 g/mol. The number of aromatic carboxylic acids is 1. The average Bonchev–Trinajstić information content (AvgIpc) is 2.37. The van der Waals surface area contributed by atoms with Crippen LogP contribution in [-0.4, -0.2) is 28.8 Å². The minimum absolute atomic E-state index is 0.172. The van der Waals surface area contributed by atoms with Crippen LogP contribution >= 0.6 is 12.2 Å². The fourth-order valence-electron chi connectivity index (χ4n) is 1.91. The van der Waals surface area contributed by atoms with Crippen LogP contribution in [0.15, 0.2) is 30.5 Å². The summed E-state index contributed by atoms with van der Waals surface area (Å²) in [6.07, 6.45) is 3.84. The highest BCUT2D eigenvalue weighted by molar-refractivity contribution is 7.80. The molecule has 0 aromatic heterocycles. The van der Waals surface area contributed by atoms with Crippen LogP contribution in [0.5, 0.6) is 5.75 Å². The largest absolute Gasteiger partial charge is 0.495 e. The van der Waals surface area contributed by atoms with Crippen LogP contribution < -0.4 is 15.0 Å². The maximum atomic E-state index is 11.0. The molecule has 0 fully saturated rings. The van der Waals surface area contributed by atoms with Gasteiger partial charge in [0.25, 0.3) is 0 Å². The highest BCUT2D eigenvalue weighted by atomic mass is 32.1. The molecule has 1 aliphatic rings. The number of nitrogens with zero attached hydrogens (tertiary/aromatic N) is 1. The molecule has 0 bridgehead atoms. The molecule has 1 heterocycles. The first-order valence-electron chi connectivity index (χ1n) is 6.06. The number of thiocarbonyl (C=S) groups is 1. The van der Waals surface area contributed by atoms with E-state index in [0.717, 1.165) is 0 Å². The van der Waals surface area contributed by atoms with Gasteiger partial charge >= 0.3 is 5.97 Å².